The normalized spacial score (nSPS) is 13.2. The minimum Gasteiger partial charge on any atom is -0.480 e. The quantitative estimate of drug-likeness (QED) is 0.210. The van der Waals surface area contributed by atoms with Gasteiger partial charge in [0.15, 0.2) is 22.5 Å². The van der Waals surface area contributed by atoms with Crippen LogP contribution in [0.2, 0.25) is 0 Å². The van der Waals surface area contributed by atoms with Crippen molar-refractivity contribution in [2.45, 2.75) is 32.6 Å². The Balaban J connectivity index is 1.09. The van der Waals surface area contributed by atoms with E-state index in [4.69, 9.17) is 19.9 Å². The number of fused-ring (bicyclic) bond motifs is 1. The number of aromatic amines is 1. The van der Waals surface area contributed by atoms with Crippen molar-refractivity contribution in [1.29, 1.82) is 15.8 Å². The van der Waals surface area contributed by atoms with Crippen molar-refractivity contribution in [3.05, 3.63) is 88.5 Å². The summed E-state index contributed by atoms with van der Waals surface area (Å²) in [7, 11) is 1.87. The number of carbonyl (C=O) groups excluding carboxylic acids is 1. The number of nitriles is 3. The number of nitrogens with one attached hydrogen (secondary N) is 2. The van der Waals surface area contributed by atoms with Crippen LogP contribution in [0.5, 0.6) is 5.88 Å². The number of alkyl carbamates (subject to hydrolysis) is 1. The number of benzene rings is 2. The van der Waals surface area contributed by atoms with Crippen molar-refractivity contribution < 1.29 is 19.0 Å². The highest BCUT2D eigenvalue weighted by atomic mass is 16.5. The van der Waals surface area contributed by atoms with E-state index in [1.165, 1.54) is 6.33 Å². The van der Waals surface area contributed by atoms with Crippen molar-refractivity contribution in [3.8, 4) is 24.1 Å². The molecule has 1 aliphatic rings. The molecule has 2 aromatic carbocycles. The molecule has 0 saturated heterocycles. The highest BCUT2D eigenvalue weighted by Crippen LogP contribution is 2.45. The molecule has 1 amide bonds. The Hall–Kier alpha value is -6.59. The maximum absolute atomic E-state index is 12.3. The number of nitrogen functional groups attached to an aromatic ring is 1. The van der Waals surface area contributed by atoms with Gasteiger partial charge in [-0.05, 0) is 42.7 Å². The molecule has 0 spiro atoms. The van der Waals surface area contributed by atoms with Gasteiger partial charge in [-0.2, -0.15) is 25.8 Å². The van der Waals surface area contributed by atoms with E-state index in [2.05, 4.69) is 31.3 Å². The maximum atomic E-state index is 12.3. The minimum atomic E-state index is -0.911. The van der Waals surface area contributed by atoms with Gasteiger partial charge in [-0.15, -0.1) is 0 Å². The van der Waals surface area contributed by atoms with Gasteiger partial charge in [0.05, 0.1) is 12.9 Å². The average Bonchev–Trinajstić information content (AvgIpc) is 3.64. The molecule has 0 atom stereocenters. The van der Waals surface area contributed by atoms with Crippen LogP contribution < -0.4 is 20.7 Å². The van der Waals surface area contributed by atoms with Crippen LogP contribution in [0.3, 0.4) is 0 Å². The van der Waals surface area contributed by atoms with E-state index < -0.39 is 11.7 Å². The van der Waals surface area contributed by atoms with Crippen LogP contribution in [0.15, 0.2) is 71.8 Å². The molecule has 0 aliphatic carbocycles. The Morgan fingerprint density at radius 1 is 1.06 bits per heavy atom. The van der Waals surface area contributed by atoms with E-state index in [9.17, 15) is 20.6 Å². The van der Waals surface area contributed by atoms with Crippen LogP contribution in [-0.2, 0) is 22.6 Å². The molecule has 0 radical (unpaired) electrons. The monoisotopic (exact) mass is 630 g/mol. The summed E-state index contributed by atoms with van der Waals surface area (Å²) in [4.78, 5) is 29.5. The van der Waals surface area contributed by atoms with Crippen LogP contribution >= 0.6 is 0 Å². The van der Waals surface area contributed by atoms with Crippen molar-refractivity contribution in [1.82, 2.24) is 25.3 Å². The molecule has 5 rings (SSSR count). The largest absolute Gasteiger partial charge is 0.480 e. The molecule has 14 heteroatoms. The Bertz CT molecular complexity index is 1980. The second-order valence-corrected chi connectivity index (χ2v) is 11.0. The summed E-state index contributed by atoms with van der Waals surface area (Å²) in [5.41, 5.74) is 9.71. The molecule has 14 nitrogen and oxygen atoms in total. The summed E-state index contributed by atoms with van der Waals surface area (Å²) in [6.07, 6.45) is 0.957. The number of hydrogen-bond donors (Lipinski definition) is 3. The number of anilines is 2. The lowest BCUT2D eigenvalue weighted by Crippen LogP contribution is -2.29. The fourth-order valence-electron chi connectivity index (χ4n) is 5.02. The molecular formula is C33H30N10O4. The van der Waals surface area contributed by atoms with Gasteiger partial charge in [-0.3, -0.25) is 0 Å². The first-order valence-electron chi connectivity index (χ1n) is 14.4. The molecule has 4 aromatic rings. The fourth-order valence-corrected chi connectivity index (χ4v) is 5.02. The highest BCUT2D eigenvalue weighted by molar-refractivity contribution is 5.84. The maximum Gasteiger partial charge on any atom is 0.407 e. The summed E-state index contributed by atoms with van der Waals surface area (Å²) in [6, 6.07) is 20.7. The number of nitrogens with two attached hydrogens (primary N) is 1. The first-order chi connectivity index (χ1) is 22.6. The number of H-pyrrole nitrogens is 1. The van der Waals surface area contributed by atoms with E-state index in [1.807, 2.05) is 60.5 Å². The fraction of sp³-hybridized carbons (Fsp3) is 0.242. The summed E-state index contributed by atoms with van der Waals surface area (Å²) >= 11 is 0. The Kier molecular flexibility index (Phi) is 9.20. The van der Waals surface area contributed by atoms with E-state index >= 15 is 0 Å². The van der Waals surface area contributed by atoms with Crippen molar-refractivity contribution in [3.63, 3.8) is 0 Å². The van der Waals surface area contributed by atoms with Gasteiger partial charge >= 0.3 is 6.09 Å². The molecule has 2 aromatic heterocycles. The van der Waals surface area contributed by atoms with Crippen LogP contribution in [-0.4, -0.2) is 51.8 Å². The number of amides is 1. The number of ether oxygens (including phenoxy) is 3. The van der Waals surface area contributed by atoms with Crippen LogP contribution in [0.25, 0.3) is 16.7 Å². The molecule has 0 saturated carbocycles. The lowest BCUT2D eigenvalue weighted by atomic mass is 9.89. The summed E-state index contributed by atoms with van der Waals surface area (Å²) in [5.74, 6) is 0.375. The second kappa shape index (κ2) is 13.6. The molecule has 3 heterocycles. The molecule has 0 fully saturated rings. The van der Waals surface area contributed by atoms with Crippen molar-refractivity contribution in [2.24, 2.45) is 0 Å². The third-order valence-corrected chi connectivity index (χ3v) is 7.36. The van der Waals surface area contributed by atoms with E-state index in [0.717, 1.165) is 22.4 Å². The molecule has 1 aliphatic heterocycles. The Morgan fingerprint density at radius 2 is 1.77 bits per heavy atom. The van der Waals surface area contributed by atoms with E-state index in [-0.39, 0.29) is 42.6 Å². The third-order valence-electron chi connectivity index (χ3n) is 7.36. The van der Waals surface area contributed by atoms with Crippen LogP contribution in [0, 0.1) is 34.0 Å². The summed E-state index contributed by atoms with van der Waals surface area (Å²) in [5, 5.41) is 31.2. The summed E-state index contributed by atoms with van der Waals surface area (Å²) < 4.78 is 17.0. The molecule has 0 bridgehead atoms. The second-order valence-electron chi connectivity index (χ2n) is 11.0. The predicted octanol–water partition coefficient (Wildman–Crippen LogP) is 4.26. The van der Waals surface area contributed by atoms with Gasteiger partial charge in [0.1, 0.15) is 42.6 Å². The number of aromatic nitrogens is 4. The zero-order chi connectivity index (χ0) is 33.6. The average molecular weight is 631 g/mol. The molecule has 0 unspecified atom stereocenters. The number of likely N-dealkylation sites (N-methyl/N-ethyl adjacent to an activating group) is 1. The molecule has 236 valence electrons. The topological polar surface area (TPSA) is 212 Å². The molecule has 4 N–H and O–H groups in total. The number of rotatable bonds is 10. The van der Waals surface area contributed by atoms with Gasteiger partial charge in [0, 0.05) is 24.9 Å². The molecular weight excluding hydrogens is 600 g/mol. The Morgan fingerprint density at radius 3 is 2.45 bits per heavy atom. The van der Waals surface area contributed by atoms with Crippen LogP contribution in [0.1, 0.15) is 30.5 Å². The van der Waals surface area contributed by atoms with Crippen molar-refractivity contribution >= 4 is 34.5 Å². The van der Waals surface area contributed by atoms with Gasteiger partial charge < -0.3 is 35.1 Å². The SMILES string of the molecule is CN(CCOC(=O)NCc1ccc(COc2nc(N)nc3[nH]cnc23)cc1)c1ccc(C2=C(C#N)C(=C(C#N)C#N)OC2(C)C)cc1. The van der Waals surface area contributed by atoms with Crippen LogP contribution in [0.4, 0.5) is 16.4 Å². The number of carbonyl (C=O) groups is 1. The van der Waals surface area contributed by atoms with E-state index in [0.29, 0.717) is 29.2 Å². The number of hydrogen-bond acceptors (Lipinski definition) is 12. The number of nitrogens with zero attached hydrogens (tertiary/aromatic N) is 7. The number of allylic oxidation sites excluding steroid dienone is 2. The van der Waals surface area contributed by atoms with Gasteiger partial charge in [-0.1, -0.05) is 36.4 Å². The lowest BCUT2D eigenvalue weighted by Gasteiger charge is -2.24. The summed E-state index contributed by atoms with van der Waals surface area (Å²) in [6.45, 7) is 4.69. The van der Waals surface area contributed by atoms with Gasteiger partial charge in [0.2, 0.25) is 11.8 Å². The molecule has 47 heavy (non-hydrogen) atoms. The zero-order valence-electron chi connectivity index (χ0n) is 25.9. The van der Waals surface area contributed by atoms with Gasteiger partial charge in [-0.25, -0.2) is 9.78 Å². The smallest absolute Gasteiger partial charge is 0.407 e. The van der Waals surface area contributed by atoms with E-state index in [1.54, 1.807) is 26.0 Å². The van der Waals surface area contributed by atoms with Gasteiger partial charge in [0.25, 0.3) is 0 Å². The standard InChI is InChI=1S/C33H30N10O4/c1-33(2)26(25(16-36)28(47-33)23(14-34)15-35)22-8-10-24(11-9-22)43(3)12-13-45-32(44)38-17-20-4-6-21(7-5-20)18-46-30-27-29(40-19-39-27)41-31(37)42-30/h4-11,19H,12-13,17-18H2,1-3H3,(H,38,44)(H3,37,39,40,41,42). The first kappa shape index (κ1) is 31.8. The number of imidazole rings is 1. The Labute approximate surface area is 270 Å². The lowest BCUT2D eigenvalue weighted by molar-refractivity contribution is 0.109. The van der Waals surface area contributed by atoms with Crippen molar-refractivity contribution in [2.75, 3.05) is 30.8 Å². The zero-order valence-corrected chi connectivity index (χ0v) is 25.9. The minimum absolute atomic E-state index is 0.00159. The third kappa shape index (κ3) is 7.06. The first-order valence-corrected chi connectivity index (χ1v) is 14.4. The highest BCUT2D eigenvalue weighted by Gasteiger charge is 2.40. The predicted molar refractivity (Wildman–Crippen MR) is 171 cm³/mol.